The van der Waals surface area contributed by atoms with E-state index in [-0.39, 0.29) is 52.2 Å². The predicted octanol–water partition coefficient (Wildman–Crippen LogP) is 2.23. The molecule has 98 valence electrons. The van der Waals surface area contributed by atoms with Crippen LogP contribution in [-0.4, -0.2) is 44.5 Å². The molecule has 0 aromatic heterocycles. The second-order valence-corrected chi connectivity index (χ2v) is 3.76. The molecule has 0 saturated heterocycles. The number of benzene rings is 2. The van der Waals surface area contributed by atoms with Crippen molar-refractivity contribution in [1.82, 2.24) is 0 Å². The van der Waals surface area contributed by atoms with Crippen LogP contribution in [0.4, 0.5) is 11.4 Å². The standard InChI is InChI=1S/C12H8N2O5.Na.H/c15-10-4-1-8(2-5-10)11-6-3-9(13(16)17)7-12(11)14(18)19;;/h1-7,15H;;. The first kappa shape index (κ1) is 16.1. The first-order chi connectivity index (χ1) is 8.99. The van der Waals surface area contributed by atoms with E-state index in [1.54, 1.807) is 0 Å². The van der Waals surface area contributed by atoms with Crippen molar-refractivity contribution in [3.8, 4) is 16.9 Å². The van der Waals surface area contributed by atoms with E-state index in [1.165, 1.54) is 36.4 Å². The van der Waals surface area contributed by atoms with E-state index in [1.807, 2.05) is 0 Å². The molecule has 0 aliphatic carbocycles. The van der Waals surface area contributed by atoms with Crippen LogP contribution < -0.4 is 0 Å². The monoisotopic (exact) mass is 284 g/mol. The van der Waals surface area contributed by atoms with Gasteiger partial charge in [-0.2, -0.15) is 0 Å². The van der Waals surface area contributed by atoms with Gasteiger partial charge in [0.1, 0.15) is 5.75 Å². The maximum atomic E-state index is 11.0. The molecule has 0 fully saturated rings. The van der Waals surface area contributed by atoms with Crippen molar-refractivity contribution in [3.63, 3.8) is 0 Å². The summed E-state index contributed by atoms with van der Waals surface area (Å²) in [5, 5.41) is 30.8. The number of phenolic OH excluding ortho intramolecular Hbond substituents is 1. The number of non-ortho nitro benzene ring substituents is 1. The molecule has 8 heteroatoms. The zero-order valence-corrected chi connectivity index (χ0v) is 9.52. The third-order valence-corrected chi connectivity index (χ3v) is 2.57. The van der Waals surface area contributed by atoms with E-state index in [0.29, 0.717) is 5.56 Å². The molecular weight excluding hydrogens is 275 g/mol. The summed E-state index contributed by atoms with van der Waals surface area (Å²) in [6, 6.07) is 9.23. The van der Waals surface area contributed by atoms with Crippen LogP contribution in [-0.2, 0) is 0 Å². The first-order valence-electron chi connectivity index (χ1n) is 5.21. The van der Waals surface area contributed by atoms with E-state index >= 15 is 0 Å². The Labute approximate surface area is 135 Å². The molecule has 0 aliphatic heterocycles. The van der Waals surface area contributed by atoms with E-state index in [9.17, 15) is 25.3 Å². The zero-order valence-electron chi connectivity index (χ0n) is 9.52. The molecule has 2 rings (SSSR count). The summed E-state index contributed by atoms with van der Waals surface area (Å²) >= 11 is 0. The molecule has 7 nitrogen and oxygen atoms in total. The molecule has 0 spiro atoms. The van der Waals surface area contributed by atoms with Gasteiger partial charge in [-0.15, -0.1) is 0 Å². The van der Waals surface area contributed by atoms with Crippen molar-refractivity contribution in [1.29, 1.82) is 0 Å². The van der Waals surface area contributed by atoms with Gasteiger partial charge in [0, 0.05) is 6.07 Å². The van der Waals surface area contributed by atoms with Crippen LogP contribution in [0.3, 0.4) is 0 Å². The van der Waals surface area contributed by atoms with E-state index < -0.39 is 9.85 Å². The molecule has 0 unspecified atom stereocenters. The maximum absolute atomic E-state index is 11.0. The minimum absolute atomic E-state index is 0. The zero-order chi connectivity index (χ0) is 14.0. The van der Waals surface area contributed by atoms with Gasteiger partial charge in [-0.05, 0) is 23.8 Å². The third kappa shape index (κ3) is 3.32. The van der Waals surface area contributed by atoms with Crippen LogP contribution in [0.2, 0.25) is 0 Å². The summed E-state index contributed by atoms with van der Waals surface area (Å²) in [7, 11) is 0. The fourth-order valence-corrected chi connectivity index (χ4v) is 1.67. The number of hydrogen-bond donors (Lipinski definition) is 1. The summed E-state index contributed by atoms with van der Waals surface area (Å²) in [6.07, 6.45) is 0. The van der Waals surface area contributed by atoms with Crippen molar-refractivity contribution in [3.05, 3.63) is 62.7 Å². The molecule has 0 bridgehead atoms. The fraction of sp³-hybridized carbons (Fsp3) is 0. The van der Waals surface area contributed by atoms with Gasteiger partial charge >= 0.3 is 29.6 Å². The van der Waals surface area contributed by atoms with Crippen molar-refractivity contribution in [2.75, 3.05) is 0 Å². The van der Waals surface area contributed by atoms with E-state index in [4.69, 9.17) is 0 Å². The number of nitrogens with zero attached hydrogens (tertiary/aromatic N) is 2. The van der Waals surface area contributed by atoms with E-state index in [0.717, 1.165) is 6.07 Å². The van der Waals surface area contributed by atoms with Gasteiger partial charge in [-0.25, -0.2) is 0 Å². The number of rotatable bonds is 3. The second kappa shape index (κ2) is 6.47. The average Bonchev–Trinajstić information content (AvgIpc) is 2.38. The molecule has 20 heavy (non-hydrogen) atoms. The topological polar surface area (TPSA) is 107 Å². The molecule has 2 aromatic rings. The SMILES string of the molecule is O=[N+]([O-])c1ccc(-c2ccc(O)cc2)c([N+](=O)[O-])c1.[NaH]. The average molecular weight is 284 g/mol. The van der Waals surface area contributed by atoms with Gasteiger partial charge in [0.25, 0.3) is 11.4 Å². The summed E-state index contributed by atoms with van der Waals surface area (Å²) < 4.78 is 0. The second-order valence-electron chi connectivity index (χ2n) is 3.76. The van der Waals surface area contributed by atoms with Crippen LogP contribution in [0.15, 0.2) is 42.5 Å². The summed E-state index contributed by atoms with van der Waals surface area (Å²) in [5.74, 6) is 0.0355. The van der Waals surface area contributed by atoms with Crippen LogP contribution >= 0.6 is 0 Å². The molecule has 0 aliphatic rings. The normalized spacial score (nSPS) is 9.60. The van der Waals surface area contributed by atoms with Gasteiger partial charge in [0.05, 0.1) is 21.5 Å². The molecule has 0 heterocycles. The summed E-state index contributed by atoms with van der Waals surface area (Å²) in [5.41, 5.74) is 0.0733. The van der Waals surface area contributed by atoms with Gasteiger partial charge in [0.2, 0.25) is 0 Å². The Morgan fingerprint density at radius 1 is 0.900 bits per heavy atom. The van der Waals surface area contributed by atoms with E-state index in [2.05, 4.69) is 0 Å². The number of phenols is 1. The molecule has 0 atom stereocenters. The Hall–Kier alpha value is -1.96. The molecular formula is C12H9N2NaO5. The Kier molecular flexibility index (Phi) is 5.20. The Balaban J connectivity index is 0.00000200. The predicted molar refractivity (Wildman–Crippen MR) is 74.0 cm³/mol. The van der Waals surface area contributed by atoms with Gasteiger partial charge in [0.15, 0.2) is 0 Å². The summed E-state index contributed by atoms with van der Waals surface area (Å²) in [4.78, 5) is 20.2. The van der Waals surface area contributed by atoms with Gasteiger partial charge in [-0.3, -0.25) is 20.2 Å². The number of nitro benzene ring substituents is 2. The van der Waals surface area contributed by atoms with Gasteiger partial charge in [-0.1, -0.05) is 12.1 Å². The molecule has 2 aromatic carbocycles. The quantitative estimate of drug-likeness (QED) is 0.528. The third-order valence-electron chi connectivity index (χ3n) is 2.57. The van der Waals surface area contributed by atoms with Gasteiger partial charge < -0.3 is 5.11 Å². The number of nitro groups is 2. The van der Waals surface area contributed by atoms with Crippen LogP contribution in [0.5, 0.6) is 5.75 Å². The van der Waals surface area contributed by atoms with Crippen molar-refractivity contribution in [2.45, 2.75) is 0 Å². The van der Waals surface area contributed by atoms with Crippen LogP contribution in [0.1, 0.15) is 0 Å². The summed E-state index contributed by atoms with van der Waals surface area (Å²) in [6.45, 7) is 0. The number of hydrogen-bond acceptors (Lipinski definition) is 5. The first-order valence-corrected chi connectivity index (χ1v) is 5.21. The molecule has 0 amide bonds. The Bertz CT molecular complexity index is 657. The molecule has 0 saturated carbocycles. The molecule has 0 radical (unpaired) electrons. The van der Waals surface area contributed by atoms with Crippen molar-refractivity contribution < 1.29 is 15.0 Å². The van der Waals surface area contributed by atoms with Crippen molar-refractivity contribution >= 4 is 40.9 Å². The van der Waals surface area contributed by atoms with Crippen molar-refractivity contribution in [2.24, 2.45) is 0 Å². The van der Waals surface area contributed by atoms with Crippen LogP contribution in [0.25, 0.3) is 11.1 Å². The minimum atomic E-state index is -0.687. The Morgan fingerprint density at radius 2 is 1.50 bits per heavy atom. The Morgan fingerprint density at radius 3 is 2.00 bits per heavy atom. The fourth-order valence-electron chi connectivity index (χ4n) is 1.67. The number of aromatic hydroxyl groups is 1. The molecule has 1 N–H and O–H groups in total. The van der Waals surface area contributed by atoms with Crippen LogP contribution in [0, 0.1) is 20.2 Å².